The highest BCUT2D eigenvalue weighted by molar-refractivity contribution is 6.62. The van der Waals surface area contributed by atoms with Gasteiger partial charge in [-0.3, -0.25) is 0 Å². The highest BCUT2D eigenvalue weighted by Gasteiger charge is 2.51. The minimum Gasteiger partial charge on any atom is -0.456 e. The van der Waals surface area contributed by atoms with Crippen molar-refractivity contribution >= 4 is 56.1 Å². The second-order valence-corrected chi connectivity index (χ2v) is 10.9. The van der Waals surface area contributed by atoms with Crippen LogP contribution < -0.4 is 5.46 Å². The van der Waals surface area contributed by atoms with E-state index in [2.05, 4.69) is 119 Å². The van der Waals surface area contributed by atoms with Crippen LogP contribution in [0.15, 0.2) is 95.4 Å². The number of hydrogen-bond acceptors (Lipinski definition) is 3. The zero-order chi connectivity index (χ0) is 24.7. The molecule has 0 radical (unpaired) electrons. The van der Waals surface area contributed by atoms with Crippen LogP contribution in [0.5, 0.6) is 0 Å². The SMILES string of the molecule is CC1(C)OB(c2ccc(-c3ccc4oc5cc6ccc7ccccc7c6cc5c4c3)cc2)OC1(C)C. The minimum absolute atomic E-state index is 0.348. The Hall–Kier alpha value is -3.60. The van der Waals surface area contributed by atoms with E-state index < -0.39 is 0 Å². The van der Waals surface area contributed by atoms with Crippen LogP contribution in [0.4, 0.5) is 0 Å². The van der Waals surface area contributed by atoms with Crippen molar-refractivity contribution in [1.29, 1.82) is 0 Å². The number of rotatable bonds is 2. The van der Waals surface area contributed by atoms with Crippen molar-refractivity contribution in [3.63, 3.8) is 0 Å². The van der Waals surface area contributed by atoms with Crippen molar-refractivity contribution in [2.24, 2.45) is 0 Å². The monoisotopic (exact) mass is 470 g/mol. The summed E-state index contributed by atoms with van der Waals surface area (Å²) in [7, 11) is -0.354. The smallest absolute Gasteiger partial charge is 0.456 e. The molecular formula is C32H27BO3. The van der Waals surface area contributed by atoms with Crippen LogP contribution in [0, 0.1) is 0 Å². The van der Waals surface area contributed by atoms with Crippen molar-refractivity contribution in [1.82, 2.24) is 0 Å². The molecule has 6 aromatic rings. The van der Waals surface area contributed by atoms with Gasteiger partial charge in [0.25, 0.3) is 0 Å². The van der Waals surface area contributed by atoms with Gasteiger partial charge in [0, 0.05) is 10.8 Å². The topological polar surface area (TPSA) is 31.6 Å². The zero-order valence-corrected chi connectivity index (χ0v) is 21.0. The Balaban J connectivity index is 1.30. The van der Waals surface area contributed by atoms with Gasteiger partial charge < -0.3 is 13.7 Å². The van der Waals surface area contributed by atoms with Gasteiger partial charge >= 0.3 is 7.12 Å². The summed E-state index contributed by atoms with van der Waals surface area (Å²) in [6.07, 6.45) is 0. The first-order valence-corrected chi connectivity index (χ1v) is 12.5. The number of benzene rings is 5. The molecule has 4 heteroatoms. The summed E-state index contributed by atoms with van der Waals surface area (Å²) in [5.74, 6) is 0. The zero-order valence-electron chi connectivity index (χ0n) is 21.0. The summed E-state index contributed by atoms with van der Waals surface area (Å²) >= 11 is 0. The predicted molar refractivity (Wildman–Crippen MR) is 150 cm³/mol. The molecule has 1 aliphatic rings. The Kier molecular flexibility index (Phi) is 4.49. The van der Waals surface area contributed by atoms with E-state index in [9.17, 15) is 0 Å². The van der Waals surface area contributed by atoms with Crippen LogP contribution in [-0.4, -0.2) is 18.3 Å². The molecule has 1 saturated heterocycles. The Morgan fingerprint density at radius 1 is 0.528 bits per heavy atom. The van der Waals surface area contributed by atoms with E-state index in [1.807, 2.05) is 0 Å². The molecule has 0 N–H and O–H groups in total. The van der Waals surface area contributed by atoms with Gasteiger partial charge in [-0.25, -0.2) is 0 Å². The second-order valence-electron chi connectivity index (χ2n) is 10.9. The van der Waals surface area contributed by atoms with Crippen LogP contribution in [0.1, 0.15) is 27.7 Å². The van der Waals surface area contributed by atoms with Gasteiger partial charge in [0.05, 0.1) is 11.2 Å². The third-order valence-corrected chi connectivity index (χ3v) is 8.10. The number of furan rings is 1. The summed E-state index contributed by atoms with van der Waals surface area (Å²) < 4.78 is 18.7. The maximum Gasteiger partial charge on any atom is 0.494 e. The maximum atomic E-state index is 6.26. The Morgan fingerprint density at radius 3 is 1.97 bits per heavy atom. The molecule has 176 valence electrons. The third-order valence-electron chi connectivity index (χ3n) is 8.10. The average molecular weight is 470 g/mol. The molecule has 0 spiro atoms. The lowest BCUT2D eigenvalue weighted by atomic mass is 9.78. The molecule has 0 amide bonds. The molecule has 36 heavy (non-hydrogen) atoms. The van der Waals surface area contributed by atoms with Gasteiger partial charge in [-0.05, 0) is 90.1 Å². The fraction of sp³-hybridized carbons (Fsp3) is 0.188. The summed E-state index contributed by atoms with van der Waals surface area (Å²) in [6, 6.07) is 32.3. The van der Waals surface area contributed by atoms with E-state index in [1.54, 1.807) is 0 Å². The lowest BCUT2D eigenvalue weighted by molar-refractivity contribution is 0.00578. The first kappa shape index (κ1) is 21.7. The molecule has 0 bridgehead atoms. The Labute approximate surface area is 210 Å². The highest BCUT2D eigenvalue weighted by atomic mass is 16.7. The first-order valence-electron chi connectivity index (χ1n) is 12.5. The Morgan fingerprint density at radius 2 is 1.19 bits per heavy atom. The molecule has 5 aromatic carbocycles. The largest absolute Gasteiger partial charge is 0.494 e. The van der Waals surface area contributed by atoms with Gasteiger partial charge in [-0.2, -0.15) is 0 Å². The average Bonchev–Trinajstić information content (AvgIpc) is 3.34. The van der Waals surface area contributed by atoms with Gasteiger partial charge in [-0.1, -0.05) is 66.7 Å². The van der Waals surface area contributed by atoms with Crippen LogP contribution in [0.3, 0.4) is 0 Å². The molecule has 0 atom stereocenters. The Bertz CT molecular complexity index is 1780. The standard InChI is InChI=1S/C32H27BO3/c1-31(2)32(3,4)36-33(35-31)24-14-11-20(12-15-24)22-13-16-29-27(17-22)28-19-26-23(18-30(28)34-29)10-9-21-7-5-6-8-25(21)26/h5-19H,1-4H3. The maximum absolute atomic E-state index is 6.26. The lowest BCUT2D eigenvalue weighted by Crippen LogP contribution is -2.41. The first-order chi connectivity index (χ1) is 17.3. The number of hydrogen-bond donors (Lipinski definition) is 0. The molecule has 3 nitrogen and oxygen atoms in total. The summed E-state index contributed by atoms with van der Waals surface area (Å²) in [4.78, 5) is 0. The van der Waals surface area contributed by atoms with Crippen molar-refractivity contribution < 1.29 is 13.7 Å². The van der Waals surface area contributed by atoms with E-state index in [-0.39, 0.29) is 18.3 Å². The molecule has 0 aliphatic carbocycles. The van der Waals surface area contributed by atoms with Crippen LogP contribution in [-0.2, 0) is 9.31 Å². The number of fused-ring (bicyclic) bond motifs is 6. The van der Waals surface area contributed by atoms with E-state index in [4.69, 9.17) is 13.7 Å². The molecule has 0 unspecified atom stereocenters. The molecule has 1 aromatic heterocycles. The van der Waals surface area contributed by atoms with E-state index in [0.717, 1.165) is 38.5 Å². The van der Waals surface area contributed by atoms with Gasteiger partial charge in [-0.15, -0.1) is 0 Å². The van der Waals surface area contributed by atoms with Crippen molar-refractivity contribution in [2.75, 3.05) is 0 Å². The summed E-state index contributed by atoms with van der Waals surface area (Å²) in [5.41, 5.74) is 4.47. The molecular weight excluding hydrogens is 443 g/mol. The predicted octanol–water partition coefficient (Wildman–Crippen LogP) is 7.86. The lowest BCUT2D eigenvalue weighted by Gasteiger charge is -2.32. The van der Waals surface area contributed by atoms with E-state index in [1.165, 1.54) is 21.5 Å². The van der Waals surface area contributed by atoms with Crippen LogP contribution in [0.2, 0.25) is 0 Å². The van der Waals surface area contributed by atoms with Gasteiger partial charge in [0.2, 0.25) is 0 Å². The van der Waals surface area contributed by atoms with Crippen molar-refractivity contribution in [2.45, 2.75) is 38.9 Å². The van der Waals surface area contributed by atoms with Gasteiger partial charge in [0.1, 0.15) is 11.2 Å². The molecule has 1 aliphatic heterocycles. The molecule has 2 heterocycles. The van der Waals surface area contributed by atoms with Gasteiger partial charge in [0.15, 0.2) is 0 Å². The molecule has 7 rings (SSSR count). The van der Waals surface area contributed by atoms with Crippen molar-refractivity contribution in [3.8, 4) is 11.1 Å². The third kappa shape index (κ3) is 3.22. The fourth-order valence-electron chi connectivity index (χ4n) is 5.27. The van der Waals surface area contributed by atoms with Crippen molar-refractivity contribution in [3.05, 3.63) is 91.0 Å². The summed E-state index contributed by atoms with van der Waals surface area (Å²) in [5, 5.41) is 7.23. The summed E-state index contributed by atoms with van der Waals surface area (Å²) in [6.45, 7) is 8.32. The minimum atomic E-state index is -0.354. The quantitative estimate of drug-likeness (QED) is 0.191. The highest BCUT2D eigenvalue weighted by Crippen LogP contribution is 2.38. The molecule has 0 saturated carbocycles. The fourth-order valence-corrected chi connectivity index (χ4v) is 5.27. The van der Waals surface area contributed by atoms with Crippen LogP contribution in [0.25, 0.3) is 54.6 Å². The second kappa shape index (κ2) is 7.46. The van der Waals surface area contributed by atoms with Crippen LogP contribution >= 0.6 is 0 Å². The van der Waals surface area contributed by atoms with E-state index >= 15 is 0 Å². The van der Waals surface area contributed by atoms with E-state index in [0.29, 0.717) is 0 Å². The molecule has 1 fully saturated rings. The normalized spacial score (nSPS) is 17.1.